The number of anilines is 1. The molecule has 1 fully saturated rings. The van der Waals surface area contributed by atoms with Crippen LogP contribution in [-0.2, 0) is 0 Å². The molecule has 0 radical (unpaired) electrons. The summed E-state index contributed by atoms with van der Waals surface area (Å²) in [5, 5.41) is 19.6. The molecule has 1 saturated heterocycles. The van der Waals surface area contributed by atoms with E-state index in [1.807, 2.05) is 19.9 Å². The number of rotatable bonds is 4. The van der Waals surface area contributed by atoms with E-state index < -0.39 is 16.9 Å². The molecule has 2 N–H and O–H groups in total. The SMILES string of the molecule is CC1(C)SC(=S)N(/N=C\c2ccco2)[C@H]1N(O)C(=O)Nc1ccccc1. The fourth-order valence-electron chi connectivity index (χ4n) is 2.52. The summed E-state index contributed by atoms with van der Waals surface area (Å²) in [7, 11) is 0. The van der Waals surface area contributed by atoms with E-state index in [-0.39, 0.29) is 0 Å². The number of hydrogen-bond donors (Lipinski definition) is 2. The minimum absolute atomic E-state index is 0.453. The Labute approximate surface area is 160 Å². The molecule has 136 valence electrons. The highest BCUT2D eigenvalue weighted by atomic mass is 32.2. The second kappa shape index (κ2) is 7.48. The Hall–Kier alpha value is -2.36. The Morgan fingerprint density at radius 2 is 2.12 bits per heavy atom. The van der Waals surface area contributed by atoms with Gasteiger partial charge in [-0.1, -0.05) is 42.2 Å². The second-order valence-corrected chi connectivity index (χ2v) is 8.38. The van der Waals surface area contributed by atoms with Crippen molar-refractivity contribution in [3.8, 4) is 0 Å². The van der Waals surface area contributed by atoms with Crippen LogP contribution in [-0.4, -0.2) is 42.8 Å². The predicted molar refractivity (Wildman–Crippen MR) is 105 cm³/mol. The number of hydrazone groups is 1. The van der Waals surface area contributed by atoms with Crippen molar-refractivity contribution in [3.05, 3.63) is 54.5 Å². The maximum Gasteiger partial charge on any atom is 0.347 e. The topological polar surface area (TPSA) is 81.3 Å². The Morgan fingerprint density at radius 1 is 1.38 bits per heavy atom. The highest BCUT2D eigenvalue weighted by Crippen LogP contribution is 2.42. The number of carbonyl (C=O) groups is 1. The summed E-state index contributed by atoms with van der Waals surface area (Å²) < 4.78 is 5.11. The van der Waals surface area contributed by atoms with Crippen LogP contribution in [0.25, 0.3) is 0 Å². The van der Waals surface area contributed by atoms with Gasteiger partial charge in [0.25, 0.3) is 0 Å². The van der Waals surface area contributed by atoms with E-state index in [1.165, 1.54) is 29.2 Å². The molecule has 2 aromatic rings. The van der Waals surface area contributed by atoms with Crippen LogP contribution < -0.4 is 5.32 Å². The van der Waals surface area contributed by atoms with Crippen LogP contribution in [0.2, 0.25) is 0 Å². The molecule has 9 heteroatoms. The van der Waals surface area contributed by atoms with Gasteiger partial charge in [-0.15, -0.1) is 0 Å². The van der Waals surface area contributed by atoms with Crippen LogP contribution in [0.4, 0.5) is 10.5 Å². The van der Waals surface area contributed by atoms with Crippen molar-refractivity contribution in [3.63, 3.8) is 0 Å². The number of carbonyl (C=O) groups excluding carboxylic acids is 1. The molecule has 26 heavy (non-hydrogen) atoms. The zero-order valence-electron chi connectivity index (χ0n) is 14.2. The number of hydrogen-bond acceptors (Lipinski definition) is 6. The third kappa shape index (κ3) is 3.90. The average Bonchev–Trinajstić information content (AvgIpc) is 3.18. The molecule has 0 unspecified atom stereocenters. The van der Waals surface area contributed by atoms with Gasteiger partial charge in [0.1, 0.15) is 5.76 Å². The summed E-state index contributed by atoms with van der Waals surface area (Å²) in [5.41, 5.74) is 0.577. The number of furan rings is 1. The number of urea groups is 1. The van der Waals surface area contributed by atoms with Crippen LogP contribution in [0.3, 0.4) is 0 Å². The third-order valence-electron chi connectivity index (χ3n) is 3.71. The molecule has 0 bridgehead atoms. The van der Waals surface area contributed by atoms with Gasteiger partial charge in [0.2, 0.25) is 0 Å². The number of amides is 2. The van der Waals surface area contributed by atoms with Gasteiger partial charge >= 0.3 is 6.03 Å². The first kappa shape index (κ1) is 18.4. The monoisotopic (exact) mass is 390 g/mol. The lowest BCUT2D eigenvalue weighted by Gasteiger charge is -2.34. The quantitative estimate of drug-likeness (QED) is 0.356. The molecule has 7 nitrogen and oxygen atoms in total. The highest BCUT2D eigenvalue weighted by molar-refractivity contribution is 8.24. The summed E-state index contributed by atoms with van der Waals surface area (Å²) in [4.78, 5) is 12.5. The van der Waals surface area contributed by atoms with E-state index in [4.69, 9.17) is 16.6 Å². The van der Waals surface area contributed by atoms with Crippen molar-refractivity contribution >= 4 is 46.2 Å². The summed E-state index contributed by atoms with van der Waals surface area (Å²) >= 11 is 6.73. The van der Waals surface area contributed by atoms with Crippen molar-refractivity contribution in [2.24, 2.45) is 5.10 Å². The fourth-order valence-corrected chi connectivity index (χ4v) is 4.31. The molecule has 1 atom stereocenters. The first-order chi connectivity index (χ1) is 12.4. The maximum absolute atomic E-state index is 12.5. The van der Waals surface area contributed by atoms with E-state index in [0.717, 1.165) is 0 Å². The van der Waals surface area contributed by atoms with Crippen molar-refractivity contribution < 1.29 is 14.4 Å². The molecule has 0 saturated carbocycles. The summed E-state index contributed by atoms with van der Waals surface area (Å²) in [6.07, 6.45) is 2.24. The smallest absolute Gasteiger partial charge is 0.347 e. The Balaban J connectivity index is 1.81. The molecule has 0 spiro atoms. The van der Waals surface area contributed by atoms with Crippen LogP contribution in [0, 0.1) is 0 Å². The maximum atomic E-state index is 12.5. The second-order valence-electron chi connectivity index (χ2n) is 6.09. The molecule has 1 aliphatic heterocycles. The van der Waals surface area contributed by atoms with Crippen molar-refractivity contribution in [2.45, 2.75) is 24.8 Å². The number of hydroxylamine groups is 2. The van der Waals surface area contributed by atoms with E-state index in [2.05, 4.69) is 10.4 Å². The molecular formula is C17H18N4O3S2. The minimum Gasteiger partial charge on any atom is -0.463 e. The number of para-hydroxylation sites is 1. The minimum atomic E-state index is -0.782. The van der Waals surface area contributed by atoms with Crippen molar-refractivity contribution in [1.82, 2.24) is 10.1 Å². The normalized spacial score (nSPS) is 19.1. The molecule has 2 heterocycles. The summed E-state index contributed by atoms with van der Waals surface area (Å²) in [6.45, 7) is 3.77. The Bertz CT molecular complexity index is 809. The molecule has 3 rings (SSSR count). The summed E-state index contributed by atoms with van der Waals surface area (Å²) in [5.74, 6) is 0.541. The van der Waals surface area contributed by atoms with Gasteiger partial charge in [-0.2, -0.15) is 10.2 Å². The highest BCUT2D eigenvalue weighted by Gasteiger charge is 2.50. The van der Waals surface area contributed by atoms with Crippen LogP contribution >= 0.6 is 24.0 Å². The fraction of sp³-hybridized carbons (Fsp3) is 0.235. The first-order valence-corrected chi connectivity index (χ1v) is 9.05. The number of thioether (sulfide) groups is 1. The number of thiocarbonyl (C=S) groups is 1. The van der Waals surface area contributed by atoms with E-state index in [0.29, 0.717) is 20.8 Å². The van der Waals surface area contributed by atoms with Crippen LogP contribution in [0.1, 0.15) is 19.6 Å². The molecule has 1 aromatic carbocycles. The van der Waals surface area contributed by atoms with Gasteiger partial charge in [-0.25, -0.2) is 9.80 Å². The predicted octanol–water partition coefficient (Wildman–Crippen LogP) is 3.98. The average molecular weight is 390 g/mol. The first-order valence-electron chi connectivity index (χ1n) is 7.82. The van der Waals surface area contributed by atoms with E-state index >= 15 is 0 Å². The lowest BCUT2D eigenvalue weighted by atomic mass is 10.1. The molecule has 1 aromatic heterocycles. The van der Waals surface area contributed by atoms with Crippen LogP contribution in [0.15, 0.2) is 58.2 Å². The molecule has 1 aliphatic rings. The molecule has 2 amide bonds. The standard InChI is InChI=1S/C17H18N4O3S2/c1-17(2)14(21(23)15(22)19-12-7-4-3-5-8-12)20(16(25)26-17)18-11-13-9-6-10-24-13/h3-11,14,23H,1-2H3,(H,19,22)/b18-11-/t14-/m0/s1. The number of benzene rings is 1. The Kier molecular flexibility index (Phi) is 5.30. The molecule has 0 aliphatic carbocycles. The largest absolute Gasteiger partial charge is 0.463 e. The summed E-state index contributed by atoms with van der Waals surface area (Å²) in [6, 6.07) is 11.7. The van der Waals surface area contributed by atoms with Gasteiger partial charge in [0, 0.05) is 5.69 Å². The lowest BCUT2D eigenvalue weighted by Crippen LogP contribution is -2.54. The van der Waals surface area contributed by atoms with E-state index in [1.54, 1.807) is 36.4 Å². The van der Waals surface area contributed by atoms with Gasteiger partial charge in [-0.3, -0.25) is 5.21 Å². The zero-order valence-corrected chi connectivity index (χ0v) is 15.8. The van der Waals surface area contributed by atoms with Crippen LogP contribution in [0.5, 0.6) is 0 Å². The molecular weight excluding hydrogens is 372 g/mol. The van der Waals surface area contributed by atoms with Gasteiger partial charge in [0.15, 0.2) is 10.5 Å². The number of nitrogens with one attached hydrogen (secondary N) is 1. The van der Waals surface area contributed by atoms with Gasteiger partial charge in [-0.05, 0) is 38.1 Å². The zero-order chi connectivity index (χ0) is 18.7. The van der Waals surface area contributed by atoms with Crippen molar-refractivity contribution in [2.75, 3.05) is 5.32 Å². The van der Waals surface area contributed by atoms with Gasteiger partial charge < -0.3 is 9.73 Å². The van der Waals surface area contributed by atoms with E-state index in [9.17, 15) is 10.0 Å². The Morgan fingerprint density at radius 3 is 2.77 bits per heavy atom. The third-order valence-corrected chi connectivity index (χ3v) is 5.24. The van der Waals surface area contributed by atoms with Gasteiger partial charge in [0.05, 0.1) is 17.2 Å². The van der Waals surface area contributed by atoms with Crippen molar-refractivity contribution in [1.29, 1.82) is 0 Å². The number of nitrogens with zero attached hydrogens (tertiary/aromatic N) is 3. The lowest BCUT2D eigenvalue weighted by molar-refractivity contribution is -0.114.